The number of nitrogens with one attached hydrogen (secondary N) is 3. The van der Waals surface area contributed by atoms with E-state index in [4.69, 9.17) is 4.74 Å². The lowest BCUT2D eigenvalue weighted by Crippen LogP contribution is -2.49. The van der Waals surface area contributed by atoms with E-state index in [0.29, 0.717) is 10.9 Å². The van der Waals surface area contributed by atoms with Crippen LogP contribution >= 0.6 is 11.8 Å². The zero-order valence-electron chi connectivity index (χ0n) is 17.3. The molecule has 0 saturated carbocycles. The fourth-order valence-corrected chi connectivity index (χ4v) is 4.97. The predicted octanol–water partition coefficient (Wildman–Crippen LogP) is 1.96. The van der Waals surface area contributed by atoms with Gasteiger partial charge in [0.25, 0.3) is 0 Å². The van der Waals surface area contributed by atoms with Crippen molar-refractivity contribution in [1.29, 1.82) is 0 Å². The van der Waals surface area contributed by atoms with Crippen LogP contribution in [0.15, 0.2) is 59.9 Å². The third-order valence-corrected chi connectivity index (χ3v) is 6.47. The first kappa shape index (κ1) is 22.5. The zero-order valence-corrected chi connectivity index (χ0v) is 18.9. The highest BCUT2D eigenvalue weighted by Crippen LogP contribution is 2.33. The van der Waals surface area contributed by atoms with Crippen molar-refractivity contribution in [1.82, 2.24) is 20.0 Å². The molecule has 1 aromatic carbocycles. The van der Waals surface area contributed by atoms with E-state index in [9.17, 15) is 13.2 Å². The normalized spacial score (nSPS) is 17.3. The number of thioether (sulfide) groups is 1. The average Bonchev–Trinajstić information content (AvgIpc) is 3.39. The number of fused-ring (bicyclic) bond motifs is 1. The number of carbonyl (C=O) groups is 1. The molecule has 1 aliphatic rings. The van der Waals surface area contributed by atoms with Crippen LogP contribution in [0.1, 0.15) is 17.2 Å². The van der Waals surface area contributed by atoms with Crippen LogP contribution in [0.4, 0.5) is 0 Å². The second-order valence-electron chi connectivity index (χ2n) is 7.34. The van der Waals surface area contributed by atoms with E-state index in [1.807, 2.05) is 48.7 Å². The van der Waals surface area contributed by atoms with Crippen LogP contribution in [0.25, 0.3) is 11.0 Å². The quantitative estimate of drug-likeness (QED) is 0.459. The van der Waals surface area contributed by atoms with Crippen molar-refractivity contribution in [2.24, 2.45) is 4.99 Å². The third kappa shape index (κ3) is 5.74. The Morgan fingerprint density at radius 2 is 2.09 bits per heavy atom. The number of ether oxygens (including phenoxy) is 1. The largest absolute Gasteiger partial charge is 0.375 e. The summed E-state index contributed by atoms with van der Waals surface area (Å²) >= 11 is 1.41. The summed E-state index contributed by atoms with van der Waals surface area (Å²) in [4.78, 5) is 24.8. The van der Waals surface area contributed by atoms with E-state index in [1.54, 1.807) is 6.20 Å². The molecular formula is C21H23N5O4S2. The van der Waals surface area contributed by atoms with Gasteiger partial charge < -0.3 is 15.0 Å². The maximum Gasteiger partial charge on any atom is 0.246 e. The number of aliphatic imine (C=N–C) groups is 1. The van der Waals surface area contributed by atoms with Gasteiger partial charge in [0, 0.05) is 29.1 Å². The van der Waals surface area contributed by atoms with Crippen LogP contribution < -0.4 is 10.0 Å². The van der Waals surface area contributed by atoms with Gasteiger partial charge in [-0.25, -0.2) is 18.1 Å². The fourth-order valence-electron chi connectivity index (χ4n) is 3.34. The highest BCUT2D eigenvalue weighted by molar-refractivity contribution is 8.14. The molecule has 3 N–H and O–H groups in total. The molecule has 1 amide bonds. The molecule has 0 spiro atoms. The first-order chi connectivity index (χ1) is 15.4. The molecule has 2 atom stereocenters. The van der Waals surface area contributed by atoms with Crippen molar-refractivity contribution in [2.45, 2.75) is 18.7 Å². The summed E-state index contributed by atoms with van der Waals surface area (Å²) in [5.41, 5.74) is 2.72. The van der Waals surface area contributed by atoms with Crippen molar-refractivity contribution in [3.8, 4) is 0 Å². The lowest BCUT2D eigenvalue weighted by atomic mass is 10.1. The number of hydrogen-bond donors (Lipinski definition) is 3. The molecule has 0 bridgehead atoms. The van der Waals surface area contributed by atoms with E-state index in [0.717, 1.165) is 28.4 Å². The van der Waals surface area contributed by atoms with Crippen LogP contribution in [-0.2, 0) is 26.2 Å². The van der Waals surface area contributed by atoms with Crippen LogP contribution in [0, 0.1) is 0 Å². The SMILES string of the molecule is CS(=O)(=O)N[C@@H](COCc1ccccc1)C(=O)NC1=NC(c2c[nH]c3ncccc23)CS1. The summed E-state index contributed by atoms with van der Waals surface area (Å²) in [6.07, 6.45) is 4.60. The number of hydrogen-bond acceptors (Lipinski definition) is 7. The Hall–Kier alpha value is -2.73. The van der Waals surface area contributed by atoms with Crippen LogP contribution in [0.2, 0.25) is 0 Å². The van der Waals surface area contributed by atoms with Crippen molar-refractivity contribution >= 4 is 43.9 Å². The number of benzene rings is 1. The van der Waals surface area contributed by atoms with Gasteiger partial charge in [-0.2, -0.15) is 0 Å². The van der Waals surface area contributed by atoms with Gasteiger partial charge in [0.15, 0.2) is 5.17 Å². The molecule has 1 unspecified atom stereocenters. The van der Waals surface area contributed by atoms with E-state index >= 15 is 0 Å². The Labute approximate surface area is 190 Å². The van der Waals surface area contributed by atoms with Gasteiger partial charge in [-0.15, -0.1) is 0 Å². The fraction of sp³-hybridized carbons (Fsp3) is 0.286. The second-order valence-corrected chi connectivity index (χ2v) is 10.1. The summed E-state index contributed by atoms with van der Waals surface area (Å²) in [7, 11) is -3.62. The maximum absolute atomic E-state index is 12.8. The number of H-pyrrole nitrogens is 1. The Morgan fingerprint density at radius 3 is 2.88 bits per heavy atom. The molecule has 9 nitrogen and oxygen atoms in total. The molecule has 3 aromatic rings. The summed E-state index contributed by atoms with van der Waals surface area (Å²) in [6.45, 7) is 0.158. The van der Waals surface area contributed by atoms with Gasteiger partial charge in [-0.3, -0.25) is 9.79 Å². The molecule has 0 fully saturated rings. The second kappa shape index (κ2) is 9.82. The minimum atomic E-state index is -3.62. The highest BCUT2D eigenvalue weighted by atomic mass is 32.2. The van der Waals surface area contributed by atoms with E-state index in [1.165, 1.54) is 11.8 Å². The summed E-state index contributed by atoms with van der Waals surface area (Å²) < 4.78 is 31.4. The summed E-state index contributed by atoms with van der Waals surface area (Å²) in [5, 5.41) is 4.16. The lowest BCUT2D eigenvalue weighted by Gasteiger charge is -2.17. The van der Waals surface area contributed by atoms with E-state index in [-0.39, 0.29) is 19.3 Å². The zero-order chi connectivity index (χ0) is 22.6. The maximum atomic E-state index is 12.8. The average molecular weight is 474 g/mol. The van der Waals surface area contributed by atoms with Gasteiger partial charge >= 0.3 is 0 Å². The smallest absolute Gasteiger partial charge is 0.246 e. The standard InChI is InChI=1S/C21H23N5O4S2/c1-32(28,29)26-17(12-30-11-14-6-3-2-4-7-14)20(27)25-21-24-18(13-31-21)16-10-23-19-15(16)8-5-9-22-19/h2-10,17-18,26H,11-13H2,1H3,(H,22,23)(H,24,25,27)/t17-,18?/m0/s1. The molecule has 11 heteroatoms. The third-order valence-electron chi connectivity index (χ3n) is 4.79. The Bertz CT molecular complexity index is 1230. The van der Waals surface area contributed by atoms with Crippen molar-refractivity contribution in [3.05, 3.63) is 66.0 Å². The van der Waals surface area contributed by atoms with E-state index < -0.39 is 22.0 Å². The molecule has 2 aromatic heterocycles. The van der Waals surface area contributed by atoms with Gasteiger partial charge in [0.2, 0.25) is 15.9 Å². The topological polar surface area (TPSA) is 126 Å². The minimum Gasteiger partial charge on any atom is -0.375 e. The van der Waals surface area contributed by atoms with Crippen LogP contribution in [0.3, 0.4) is 0 Å². The predicted molar refractivity (Wildman–Crippen MR) is 125 cm³/mol. The number of aromatic nitrogens is 2. The number of nitrogens with zero attached hydrogens (tertiary/aromatic N) is 2. The Morgan fingerprint density at radius 1 is 1.28 bits per heavy atom. The number of sulfonamides is 1. The van der Waals surface area contributed by atoms with Gasteiger partial charge in [0.05, 0.1) is 25.5 Å². The molecule has 4 rings (SSSR count). The molecule has 0 saturated heterocycles. The molecule has 0 aliphatic carbocycles. The highest BCUT2D eigenvalue weighted by Gasteiger charge is 2.28. The summed E-state index contributed by atoms with van der Waals surface area (Å²) in [5.74, 6) is 0.141. The molecular weight excluding hydrogens is 450 g/mol. The lowest BCUT2D eigenvalue weighted by molar-refractivity contribution is -0.122. The van der Waals surface area contributed by atoms with Gasteiger partial charge in [-0.1, -0.05) is 42.1 Å². The number of amides is 1. The first-order valence-electron chi connectivity index (χ1n) is 9.91. The Balaban J connectivity index is 1.41. The van der Waals surface area contributed by atoms with Crippen molar-refractivity contribution in [3.63, 3.8) is 0 Å². The van der Waals surface area contributed by atoms with Crippen molar-refractivity contribution in [2.75, 3.05) is 18.6 Å². The number of pyridine rings is 1. The molecule has 1 aliphatic heterocycles. The monoisotopic (exact) mass is 473 g/mol. The first-order valence-corrected chi connectivity index (χ1v) is 12.8. The molecule has 3 heterocycles. The number of aromatic amines is 1. The van der Waals surface area contributed by atoms with Crippen molar-refractivity contribution < 1.29 is 17.9 Å². The van der Waals surface area contributed by atoms with Crippen LogP contribution in [0.5, 0.6) is 0 Å². The number of amidine groups is 1. The van der Waals surface area contributed by atoms with Crippen LogP contribution in [-0.4, -0.2) is 54.1 Å². The minimum absolute atomic E-state index is 0.108. The number of rotatable bonds is 8. The van der Waals surface area contributed by atoms with Gasteiger partial charge in [-0.05, 0) is 17.7 Å². The summed E-state index contributed by atoms with van der Waals surface area (Å²) in [6, 6.07) is 12.1. The molecule has 168 valence electrons. The number of carbonyl (C=O) groups excluding carboxylic acids is 1. The molecule has 0 radical (unpaired) electrons. The van der Waals surface area contributed by atoms with Gasteiger partial charge in [0.1, 0.15) is 11.7 Å². The van der Waals surface area contributed by atoms with E-state index in [2.05, 4.69) is 25.0 Å². The Kier molecular flexibility index (Phi) is 6.89. The molecule has 32 heavy (non-hydrogen) atoms.